The molecule has 1 atom stereocenters. The van der Waals surface area contributed by atoms with E-state index in [0.717, 1.165) is 6.42 Å². The van der Waals surface area contributed by atoms with E-state index < -0.39 is 0 Å². The summed E-state index contributed by atoms with van der Waals surface area (Å²) in [5.74, 6) is 0.613. The number of rotatable bonds is 6. The zero-order valence-corrected chi connectivity index (χ0v) is 13.0. The van der Waals surface area contributed by atoms with E-state index in [2.05, 4.69) is 20.5 Å². The van der Waals surface area contributed by atoms with Gasteiger partial charge in [0.2, 0.25) is 5.91 Å². The number of fused-ring (bicyclic) bond motifs is 2. The van der Waals surface area contributed by atoms with Crippen LogP contribution in [-0.2, 0) is 9.53 Å². The van der Waals surface area contributed by atoms with Crippen molar-refractivity contribution >= 4 is 28.7 Å². The van der Waals surface area contributed by atoms with Crippen LogP contribution in [-0.4, -0.2) is 51.7 Å². The highest BCUT2D eigenvalue weighted by molar-refractivity contribution is 7.99. The van der Waals surface area contributed by atoms with Crippen LogP contribution in [0.2, 0.25) is 0 Å². The topological polar surface area (TPSA) is 102 Å². The molecule has 1 unspecified atom stereocenters. The minimum atomic E-state index is -0.165. The van der Waals surface area contributed by atoms with E-state index >= 15 is 0 Å². The van der Waals surface area contributed by atoms with Gasteiger partial charge >= 0.3 is 0 Å². The van der Waals surface area contributed by atoms with E-state index in [0.29, 0.717) is 35.1 Å². The molecule has 8 nitrogen and oxygen atoms in total. The molecule has 9 heteroatoms. The number of hydrogen-bond donors (Lipinski definition) is 2. The largest absolute Gasteiger partial charge is 0.385 e. The van der Waals surface area contributed by atoms with Crippen LogP contribution in [0, 0.1) is 0 Å². The van der Waals surface area contributed by atoms with Crippen molar-refractivity contribution in [2.24, 2.45) is 0 Å². The summed E-state index contributed by atoms with van der Waals surface area (Å²) < 4.78 is 6.54. The van der Waals surface area contributed by atoms with E-state index in [1.807, 2.05) is 0 Å². The molecule has 0 saturated carbocycles. The van der Waals surface area contributed by atoms with E-state index in [1.165, 1.54) is 18.0 Å². The minimum Gasteiger partial charge on any atom is -0.385 e. The second-order valence-electron chi connectivity index (χ2n) is 5.07. The molecule has 3 rings (SSSR count). The number of amides is 1. The lowest BCUT2D eigenvalue weighted by Gasteiger charge is -2.13. The van der Waals surface area contributed by atoms with E-state index in [-0.39, 0.29) is 23.9 Å². The number of ether oxygens (including phenoxy) is 1. The summed E-state index contributed by atoms with van der Waals surface area (Å²) in [4.78, 5) is 28.8. The van der Waals surface area contributed by atoms with Gasteiger partial charge in [0.15, 0.2) is 10.8 Å². The van der Waals surface area contributed by atoms with Crippen LogP contribution in [0.5, 0.6) is 0 Å². The lowest BCUT2D eigenvalue weighted by atomic mass is 10.2. The van der Waals surface area contributed by atoms with E-state index in [9.17, 15) is 9.59 Å². The molecule has 22 heavy (non-hydrogen) atoms. The van der Waals surface area contributed by atoms with Crippen molar-refractivity contribution in [1.82, 2.24) is 25.1 Å². The number of aromatic nitrogens is 4. The molecule has 0 bridgehead atoms. The SMILES string of the molecule is COCCCNC(=O)CC1CSc2nc3[nH]ncc3c(=O)n21. The molecule has 1 aliphatic heterocycles. The molecule has 118 valence electrons. The summed E-state index contributed by atoms with van der Waals surface area (Å²) in [6.07, 6.45) is 2.52. The van der Waals surface area contributed by atoms with Crippen LogP contribution < -0.4 is 10.9 Å². The van der Waals surface area contributed by atoms with Crippen molar-refractivity contribution in [2.45, 2.75) is 24.0 Å². The van der Waals surface area contributed by atoms with Gasteiger partial charge in [0.25, 0.3) is 5.56 Å². The third-order valence-electron chi connectivity index (χ3n) is 3.52. The predicted molar refractivity (Wildman–Crippen MR) is 82.0 cm³/mol. The molecule has 1 amide bonds. The Kier molecular flexibility index (Phi) is 4.44. The maximum atomic E-state index is 12.5. The predicted octanol–water partition coefficient (Wildman–Crippen LogP) is 0.309. The molecule has 0 radical (unpaired) electrons. The smallest absolute Gasteiger partial charge is 0.265 e. The van der Waals surface area contributed by atoms with Gasteiger partial charge in [-0.3, -0.25) is 19.3 Å². The van der Waals surface area contributed by atoms with Crippen LogP contribution in [0.1, 0.15) is 18.9 Å². The van der Waals surface area contributed by atoms with E-state index in [1.54, 1.807) is 11.7 Å². The summed E-state index contributed by atoms with van der Waals surface area (Å²) in [5, 5.41) is 10.5. The standard InChI is InChI=1S/C13H17N5O3S/c1-21-4-2-3-14-10(19)5-8-7-22-13-16-11-9(6-15-17-11)12(20)18(8)13/h6,8H,2-5,7H2,1H3,(H,14,19)(H,15,17). The number of hydrogen-bond acceptors (Lipinski definition) is 6. The Morgan fingerprint density at radius 3 is 3.32 bits per heavy atom. The Morgan fingerprint density at radius 2 is 2.50 bits per heavy atom. The fourth-order valence-electron chi connectivity index (χ4n) is 2.44. The molecule has 0 fully saturated rings. The highest BCUT2D eigenvalue weighted by Gasteiger charge is 2.28. The molecule has 0 saturated heterocycles. The number of nitrogens with one attached hydrogen (secondary N) is 2. The quantitative estimate of drug-likeness (QED) is 0.586. The number of aromatic amines is 1. The van der Waals surface area contributed by atoms with Crippen LogP contribution >= 0.6 is 11.8 Å². The van der Waals surface area contributed by atoms with Gasteiger partial charge in [-0.05, 0) is 6.42 Å². The van der Waals surface area contributed by atoms with Crippen molar-refractivity contribution in [3.63, 3.8) is 0 Å². The van der Waals surface area contributed by atoms with Gasteiger partial charge in [0.05, 0.1) is 12.2 Å². The molecule has 2 aromatic rings. The van der Waals surface area contributed by atoms with Crippen LogP contribution in [0.4, 0.5) is 0 Å². The minimum absolute atomic E-state index is 0.0613. The van der Waals surface area contributed by atoms with Crippen molar-refractivity contribution < 1.29 is 9.53 Å². The Morgan fingerprint density at radius 1 is 1.64 bits per heavy atom. The van der Waals surface area contributed by atoms with Gasteiger partial charge in [-0.25, -0.2) is 4.98 Å². The summed E-state index contributed by atoms with van der Waals surface area (Å²) in [5.41, 5.74) is 0.351. The highest BCUT2D eigenvalue weighted by atomic mass is 32.2. The van der Waals surface area contributed by atoms with Crippen LogP contribution in [0.25, 0.3) is 11.0 Å². The van der Waals surface area contributed by atoms with Gasteiger partial charge in [-0.2, -0.15) is 5.10 Å². The van der Waals surface area contributed by atoms with Crippen molar-refractivity contribution in [1.29, 1.82) is 0 Å². The number of methoxy groups -OCH3 is 1. The average molecular weight is 323 g/mol. The summed E-state index contributed by atoms with van der Waals surface area (Å²) in [7, 11) is 1.63. The van der Waals surface area contributed by atoms with Crippen molar-refractivity contribution in [3.05, 3.63) is 16.6 Å². The maximum absolute atomic E-state index is 12.5. The number of carbonyl (C=O) groups excluding carboxylic acids is 1. The highest BCUT2D eigenvalue weighted by Crippen LogP contribution is 2.32. The molecule has 3 heterocycles. The van der Waals surface area contributed by atoms with Gasteiger partial charge in [-0.15, -0.1) is 0 Å². The van der Waals surface area contributed by atoms with Crippen LogP contribution in [0.3, 0.4) is 0 Å². The second kappa shape index (κ2) is 6.49. The fourth-order valence-corrected chi connectivity index (χ4v) is 3.57. The lowest BCUT2D eigenvalue weighted by Crippen LogP contribution is -2.31. The van der Waals surface area contributed by atoms with Gasteiger partial charge in [-0.1, -0.05) is 11.8 Å². The number of H-pyrrole nitrogens is 1. The van der Waals surface area contributed by atoms with Crippen molar-refractivity contribution in [3.8, 4) is 0 Å². The molecular weight excluding hydrogens is 306 g/mol. The number of carbonyl (C=O) groups is 1. The Bertz CT molecular complexity index is 741. The monoisotopic (exact) mass is 323 g/mol. The number of nitrogens with zero attached hydrogens (tertiary/aromatic N) is 3. The normalized spacial score (nSPS) is 16.9. The Labute approximate surface area is 130 Å². The second-order valence-corrected chi connectivity index (χ2v) is 6.05. The third kappa shape index (κ3) is 2.86. The first-order valence-electron chi connectivity index (χ1n) is 7.04. The van der Waals surface area contributed by atoms with Gasteiger partial charge in [0.1, 0.15) is 5.39 Å². The first-order valence-corrected chi connectivity index (χ1v) is 8.03. The zero-order chi connectivity index (χ0) is 15.5. The molecule has 0 aromatic carbocycles. The summed E-state index contributed by atoms with van der Waals surface area (Å²) >= 11 is 1.49. The lowest BCUT2D eigenvalue weighted by molar-refractivity contribution is -0.121. The fraction of sp³-hybridized carbons (Fsp3) is 0.538. The molecule has 0 aliphatic carbocycles. The number of thioether (sulfide) groups is 1. The molecule has 1 aliphatic rings. The maximum Gasteiger partial charge on any atom is 0.265 e. The van der Waals surface area contributed by atoms with Gasteiger partial charge in [0, 0.05) is 32.4 Å². The molecule has 2 aromatic heterocycles. The zero-order valence-electron chi connectivity index (χ0n) is 12.2. The molecule has 2 N–H and O–H groups in total. The first kappa shape index (κ1) is 15.0. The third-order valence-corrected chi connectivity index (χ3v) is 4.62. The van der Waals surface area contributed by atoms with Crippen molar-refractivity contribution in [2.75, 3.05) is 26.0 Å². The Balaban J connectivity index is 1.71. The molecule has 0 spiro atoms. The first-order chi connectivity index (χ1) is 10.7. The van der Waals surface area contributed by atoms with E-state index in [4.69, 9.17) is 4.74 Å². The van der Waals surface area contributed by atoms with Gasteiger partial charge < -0.3 is 10.1 Å². The average Bonchev–Trinajstić information content (AvgIpc) is 3.11. The Hall–Kier alpha value is -1.87. The van der Waals surface area contributed by atoms with Crippen LogP contribution in [0.15, 0.2) is 16.1 Å². The summed E-state index contributed by atoms with van der Waals surface area (Å²) in [6, 6.07) is -0.165. The summed E-state index contributed by atoms with van der Waals surface area (Å²) in [6.45, 7) is 1.19. The molecular formula is C13H17N5O3S.